The molecule has 0 aromatic heterocycles. The number of carbonyl (C=O) groups is 1. The first-order valence-electron chi connectivity index (χ1n) is 6.16. The summed E-state index contributed by atoms with van der Waals surface area (Å²) in [4.78, 5) is 11.8. The molecular weight excluding hydrogens is 356 g/mol. The highest BCUT2D eigenvalue weighted by Crippen LogP contribution is 2.30. The standard InChI is InChI=1S/C15H14BrClN2O2/c1-21-13-5-3-2-4-12(13)19-14(15(18)20)9-6-7-11(17)10(16)8-9/h2-8,14,19H,1H3,(H2,18,20). The van der Waals surface area contributed by atoms with Crippen molar-refractivity contribution in [1.29, 1.82) is 0 Å². The summed E-state index contributed by atoms with van der Waals surface area (Å²) in [6.45, 7) is 0. The Kier molecular flexibility index (Phi) is 5.09. The number of nitrogens with one attached hydrogen (secondary N) is 1. The first-order chi connectivity index (χ1) is 10.0. The lowest BCUT2D eigenvalue weighted by molar-refractivity contribution is -0.118. The van der Waals surface area contributed by atoms with Crippen molar-refractivity contribution in [3.63, 3.8) is 0 Å². The highest BCUT2D eigenvalue weighted by Gasteiger charge is 2.19. The Labute approximate surface area is 136 Å². The van der Waals surface area contributed by atoms with Gasteiger partial charge >= 0.3 is 0 Å². The van der Waals surface area contributed by atoms with Crippen LogP contribution in [0.15, 0.2) is 46.9 Å². The molecule has 2 rings (SSSR count). The second-order valence-electron chi connectivity index (χ2n) is 4.35. The molecule has 3 N–H and O–H groups in total. The molecule has 4 nitrogen and oxygen atoms in total. The molecule has 0 fully saturated rings. The maximum absolute atomic E-state index is 11.8. The molecule has 0 aliphatic rings. The van der Waals surface area contributed by atoms with Crippen LogP contribution in [0.4, 0.5) is 5.69 Å². The SMILES string of the molecule is COc1ccccc1NC(C(N)=O)c1ccc(Cl)c(Br)c1. The van der Waals surface area contributed by atoms with E-state index in [1.54, 1.807) is 31.4 Å². The first kappa shape index (κ1) is 15.7. The summed E-state index contributed by atoms with van der Waals surface area (Å²) in [5.41, 5.74) is 6.91. The van der Waals surface area contributed by atoms with E-state index in [1.807, 2.05) is 18.2 Å². The van der Waals surface area contributed by atoms with Gasteiger partial charge in [-0.1, -0.05) is 29.8 Å². The average Bonchev–Trinajstić information content (AvgIpc) is 2.48. The van der Waals surface area contributed by atoms with E-state index in [-0.39, 0.29) is 0 Å². The van der Waals surface area contributed by atoms with Crippen LogP contribution in [0.25, 0.3) is 0 Å². The van der Waals surface area contributed by atoms with Crippen molar-refractivity contribution in [2.75, 3.05) is 12.4 Å². The molecule has 0 saturated heterocycles. The summed E-state index contributed by atoms with van der Waals surface area (Å²) in [6.07, 6.45) is 0. The van der Waals surface area contributed by atoms with Gasteiger partial charge in [0.25, 0.3) is 0 Å². The third-order valence-corrected chi connectivity index (χ3v) is 4.18. The highest BCUT2D eigenvalue weighted by molar-refractivity contribution is 9.10. The zero-order valence-corrected chi connectivity index (χ0v) is 13.6. The van der Waals surface area contributed by atoms with E-state index < -0.39 is 11.9 Å². The second kappa shape index (κ2) is 6.83. The fraction of sp³-hybridized carbons (Fsp3) is 0.133. The molecule has 0 bridgehead atoms. The van der Waals surface area contributed by atoms with Crippen LogP contribution >= 0.6 is 27.5 Å². The number of hydrogen-bond donors (Lipinski definition) is 2. The monoisotopic (exact) mass is 368 g/mol. The maximum Gasteiger partial charge on any atom is 0.244 e. The highest BCUT2D eigenvalue weighted by atomic mass is 79.9. The van der Waals surface area contributed by atoms with Crippen molar-refractivity contribution in [3.05, 3.63) is 57.5 Å². The largest absolute Gasteiger partial charge is 0.495 e. The third-order valence-electron chi connectivity index (χ3n) is 2.97. The van der Waals surface area contributed by atoms with E-state index >= 15 is 0 Å². The van der Waals surface area contributed by atoms with E-state index in [2.05, 4.69) is 21.2 Å². The second-order valence-corrected chi connectivity index (χ2v) is 5.62. The Morgan fingerprint density at radius 3 is 2.67 bits per heavy atom. The number of para-hydroxylation sites is 2. The molecule has 0 saturated carbocycles. The first-order valence-corrected chi connectivity index (χ1v) is 7.34. The van der Waals surface area contributed by atoms with Crippen LogP contribution in [0.5, 0.6) is 5.75 Å². The molecule has 0 radical (unpaired) electrons. The Hall–Kier alpha value is -1.72. The lowest BCUT2D eigenvalue weighted by Gasteiger charge is -2.19. The minimum atomic E-state index is -0.685. The van der Waals surface area contributed by atoms with Gasteiger partial charge in [-0.05, 0) is 45.8 Å². The van der Waals surface area contributed by atoms with Gasteiger partial charge in [0.2, 0.25) is 5.91 Å². The molecule has 0 heterocycles. The van der Waals surface area contributed by atoms with Gasteiger partial charge in [-0.3, -0.25) is 4.79 Å². The van der Waals surface area contributed by atoms with E-state index in [9.17, 15) is 4.79 Å². The molecule has 0 spiro atoms. The molecule has 1 atom stereocenters. The summed E-state index contributed by atoms with van der Waals surface area (Å²) in [7, 11) is 1.57. The van der Waals surface area contributed by atoms with Crippen molar-refractivity contribution in [1.82, 2.24) is 0 Å². The number of nitrogens with two attached hydrogens (primary N) is 1. The average molecular weight is 370 g/mol. The van der Waals surface area contributed by atoms with Crippen molar-refractivity contribution in [2.24, 2.45) is 5.73 Å². The van der Waals surface area contributed by atoms with Crippen LogP contribution in [-0.4, -0.2) is 13.0 Å². The molecule has 110 valence electrons. The van der Waals surface area contributed by atoms with Crippen molar-refractivity contribution in [2.45, 2.75) is 6.04 Å². The zero-order chi connectivity index (χ0) is 15.4. The number of carbonyl (C=O) groups excluding carboxylic acids is 1. The summed E-state index contributed by atoms with van der Waals surface area (Å²) >= 11 is 9.31. The quantitative estimate of drug-likeness (QED) is 0.843. The van der Waals surface area contributed by atoms with Gasteiger partial charge in [-0.25, -0.2) is 0 Å². The van der Waals surface area contributed by atoms with Crippen molar-refractivity contribution < 1.29 is 9.53 Å². The van der Waals surface area contributed by atoms with Crippen molar-refractivity contribution in [3.8, 4) is 5.75 Å². The molecule has 2 aromatic carbocycles. The molecule has 6 heteroatoms. The van der Waals surface area contributed by atoms with Gasteiger partial charge in [0, 0.05) is 4.47 Å². The fourth-order valence-corrected chi connectivity index (χ4v) is 2.44. The van der Waals surface area contributed by atoms with Crippen LogP contribution < -0.4 is 15.8 Å². The van der Waals surface area contributed by atoms with Gasteiger partial charge in [0.05, 0.1) is 17.8 Å². The van der Waals surface area contributed by atoms with Crippen LogP contribution in [-0.2, 0) is 4.79 Å². The predicted molar refractivity (Wildman–Crippen MR) is 87.7 cm³/mol. The van der Waals surface area contributed by atoms with Crippen LogP contribution in [0.3, 0.4) is 0 Å². The van der Waals surface area contributed by atoms with Gasteiger partial charge in [0.1, 0.15) is 11.8 Å². The fourth-order valence-electron chi connectivity index (χ4n) is 1.93. The molecule has 0 aliphatic heterocycles. The number of methoxy groups -OCH3 is 1. The Balaban J connectivity index is 2.35. The lowest BCUT2D eigenvalue weighted by Crippen LogP contribution is -2.27. The maximum atomic E-state index is 11.8. The number of benzene rings is 2. The summed E-state index contributed by atoms with van der Waals surface area (Å²) in [6, 6.07) is 11.9. The van der Waals surface area contributed by atoms with Gasteiger partial charge in [0.15, 0.2) is 0 Å². The van der Waals surface area contributed by atoms with E-state index in [4.69, 9.17) is 22.1 Å². The molecule has 0 aliphatic carbocycles. The summed E-state index contributed by atoms with van der Waals surface area (Å²) in [5.74, 6) is 0.145. The molecule has 21 heavy (non-hydrogen) atoms. The topological polar surface area (TPSA) is 64.3 Å². The lowest BCUT2D eigenvalue weighted by atomic mass is 10.1. The molecular formula is C15H14BrClN2O2. The summed E-state index contributed by atoms with van der Waals surface area (Å²) < 4.78 is 5.96. The third kappa shape index (κ3) is 3.68. The van der Waals surface area contributed by atoms with Crippen LogP contribution in [0.1, 0.15) is 11.6 Å². The van der Waals surface area contributed by atoms with Gasteiger partial charge < -0.3 is 15.8 Å². The number of ether oxygens (including phenoxy) is 1. The summed E-state index contributed by atoms with van der Waals surface area (Å²) in [5, 5.41) is 3.67. The minimum absolute atomic E-state index is 0.491. The zero-order valence-electron chi connectivity index (χ0n) is 11.3. The van der Waals surface area contributed by atoms with Crippen molar-refractivity contribution >= 4 is 39.1 Å². The normalized spacial score (nSPS) is 11.8. The Bertz CT molecular complexity index is 664. The smallest absolute Gasteiger partial charge is 0.244 e. The Morgan fingerprint density at radius 2 is 2.05 bits per heavy atom. The number of anilines is 1. The van der Waals surface area contributed by atoms with Gasteiger partial charge in [-0.15, -0.1) is 0 Å². The van der Waals surface area contributed by atoms with E-state index in [1.165, 1.54) is 0 Å². The number of halogens is 2. The minimum Gasteiger partial charge on any atom is -0.495 e. The van der Waals surface area contributed by atoms with Crippen LogP contribution in [0.2, 0.25) is 5.02 Å². The number of primary amides is 1. The predicted octanol–water partition coefficient (Wildman–Crippen LogP) is 3.75. The van der Waals surface area contributed by atoms with Gasteiger partial charge in [-0.2, -0.15) is 0 Å². The Morgan fingerprint density at radius 1 is 1.33 bits per heavy atom. The number of rotatable bonds is 5. The molecule has 2 aromatic rings. The number of amides is 1. The molecule has 1 amide bonds. The van der Waals surface area contributed by atoms with E-state index in [0.29, 0.717) is 26.5 Å². The van der Waals surface area contributed by atoms with E-state index in [0.717, 1.165) is 0 Å². The van der Waals surface area contributed by atoms with Crippen LogP contribution in [0, 0.1) is 0 Å². The molecule has 1 unspecified atom stereocenters. The number of hydrogen-bond acceptors (Lipinski definition) is 3.